The fraction of sp³-hybridized carbons (Fsp3) is 0.485. The van der Waals surface area contributed by atoms with Crippen LogP contribution >= 0.6 is 0 Å². The van der Waals surface area contributed by atoms with Crippen molar-refractivity contribution in [2.45, 2.75) is 97.0 Å². The Labute approximate surface area is 229 Å². The molecule has 38 heavy (non-hydrogen) atoms. The highest BCUT2D eigenvalue weighted by Crippen LogP contribution is 2.20. The molecular weight excluding hydrogens is 472 g/mol. The molecule has 0 fully saturated rings. The Balaban J connectivity index is 1.30. The van der Waals surface area contributed by atoms with Gasteiger partial charge in [0.25, 0.3) is 0 Å². The lowest BCUT2D eigenvalue weighted by atomic mass is 10.1. The van der Waals surface area contributed by atoms with Crippen molar-refractivity contribution >= 4 is 5.97 Å². The Morgan fingerprint density at radius 1 is 0.789 bits per heavy atom. The summed E-state index contributed by atoms with van der Waals surface area (Å²) in [5, 5.41) is 0. The second kappa shape index (κ2) is 17.3. The highest BCUT2D eigenvalue weighted by molar-refractivity contribution is 5.89. The summed E-state index contributed by atoms with van der Waals surface area (Å²) in [5.74, 6) is 1.37. The van der Waals surface area contributed by atoms with Crippen LogP contribution in [0.5, 0.6) is 5.75 Å². The van der Waals surface area contributed by atoms with Gasteiger partial charge in [0.2, 0.25) is 0 Å². The van der Waals surface area contributed by atoms with Crippen molar-refractivity contribution in [2.24, 2.45) is 0 Å². The first-order valence-corrected chi connectivity index (χ1v) is 14.5. The zero-order valence-corrected chi connectivity index (χ0v) is 23.2. The van der Waals surface area contributed by atoms with Gasteiger partial charge in [-0.1, -0.05) is 70.1 Å². The maximum absolute atomic E-state index is 12.1. The van der Waals surface area contributed by atoms with E-state index >= 15 is 0 Å². The highest BCUT2D eigenvalue weighted by atomic mass is 16.5. The predicted molar refractivity (Wildman–Crippen MR) is 154 cm³/mol. The molecule has 1 aromatic heterocycles. The van der Waals surface area contributed by atoms with Crippen LogP contribution < -0.4 is 4.74 Å². The number of aryl methyl sites for hydroxylation is 1. The second-order valence-electron chi connectivity index (χ2n) is 10.1. The molecule has 5 heteroatoms. The lowest BCUT2D eigenvalue weighted by molar-refractivity contribution is 0.0319. The summed E-state index contributed by atoms with van der Waals surface area (Å²) < 4.78 is 11.4. The maximum Gasteiger partial charge on any atom is 0.338 e. The number of unbranched alkanes of at least 4 members (excludes halogenated alkanes) is 8. The van der Waals surface area contributed by atoms with E-state index in [0.717, 1.165) is 61.4 Å². The van der Waals surface area contributed by atoms with Crippen molar-refractivity contribution in [1.29, 1.82) is 0 Å². The zero-order chi connectivity index (χ0) is 26.8. The standard InChI is InChI=1S/C33H44N2O3/c1-3-4-5-6-7-8-9-15-24-37-31-22-20-29(21-23-31)32-34-25-28(26-35-32)17-14-13-16-27(2)38-33(36)30-18-11-10-12-19-30/h10-12,18-23,25-27H,3-9,13-17,24H2,1-2H3. The molecule has 1 atom stereocenters. The number of hydrogen-bond donors (Lipinski definition) is 0. The van der Waals surface area contributed by atoms with Gasteiger partial charge in [0.05, 0.1) is 18.3 Å². The van der Waals surface area contributed by atoms with Gasteiger partial charge in [0.15, 0.2) is 5.82 Å². The third-order valence-electron chi connectivity index (χ3n) is 6.73. The van der Waals surface area contributed by atoms with Crippen molar-refractivity contribution in [1.82, 2.24) is 9.97 Å². The van der Waals surface area contributed by atoms with Gasteiger partial charge in [-0.3, -0.25) is 0 Å². The number of esters is 1. The van der Waals surface area contributed by atoms with Crippen LogP contribution in [0.2, 0.25) is 0 Å². The van der Waals surface area contributed by atoms with E-state index in [1.54, 1.807) is 12.1 Å². The maximum atomic E-state index is 12.1. The lowest BCUT2D eigenvalue weighted by Gasteiger charge is -2.13. The number of hydrogen-bond acceptors (Lipinski definition) is 5. The molecule has 3 rings (SSSR count). The minimum absolute atomic E-state index is 0.103. The SMILES string of the molecule is CCCCCCCCCCOc1ccc(-c2ncc(CCCCC(C)OC(=O)c3ccccc3)cn2)cc1. The normalized spacial score (nSPS) is 11.7. The average Bonchev–Trinajstić information content (AvgIpc) is 2.95. The summed E-state index contributed by atoms with van der Waals surface area (Å²) in [6.07, 6.45) is 17.9. The number of ether oxygens (including phenoxy) is 2. The molecule has 3 aromatic rings. The predicted octanol–water partition coefficient (Wildman–Crippen LogP) is 8.62. The van der Waals surface area contributed by atoms with E-state index in [9.17, 15) is 4.79 Å². The molecule has 204 valence electrons. The van der Waals surface area contributed by atoms with Crippen molar-refractivity contribution in [3.8, 4) is 17.1 Å². The van der Waals surface area contributed by atoms with Crippen LogP contribution in [-0.4, -0.2) is 28.6 Å². The van der Waals surface area contributed by atoms with Crippen LogP contribution in [0.25, 0.3) is 11.4 Å². The molecule has 0 saturated heterocycles. The number of carbonyl (C=O) groups excluding carboxylic acids is 1. The summed E-state index contributed by atoms with van der Waals surface area (Å²) in [6.45, 7) is 4.98. The zero-order valence-electron chi connectivity index (χ0n) is 23.2. The average molecular weight is 517 g/mol. The molecule has 0 radical (unpaired) electrons. The molecule has 1 heterocycles. The van der Waals surface area contributed by atoms with E-state index in [-0.39, 0.29) is 12.1 Å². The van der Waals surface area contributed by atoms with Crippen molar-refractivity contribution < 1.29 is 14.3 Å². The van der Waals surface area contributed by atoms with Crippen molar-refractivity contribution in [3.63, 3.8) is 0 Å². The van der Waals surface area contributed by atoms with Crippen LogP contribution in [0.1, 0.15) is 100 Å². The lowest BCUT2D eigenvalue weighted by Crippen LogP contribution is -2.15. The van der Waals surface area contributed by atoms with Crippen LogP contribution in [0.15, 0.2) is 67.0 Å². The Morgan fingerprint density at radius 3 is 2.13 bits per heavy atom. The molecule has 0 N–H and O–H groups in total. The van der Waals surface area contributed by atoms with Crippen LogP contribution in [-0.2, 0) is 11.2 Å². The first-order valence-electron chi connectivity index (χ1n) is 14.5. The second-order valence-corrected chi connectivity index (χ2v) is 10.1. The van der Waals surface area contributed by atoms with Crippen molar-refractivity contribution in [2.75, 3.05) is 6.61 Å². The van der Waals surface area contributed by atoms with Crippen LogP contribution in [0.3, 0.4) is 0 Å². The number of benzene rings is 2. The van der Waals surface area contributed by atoms with Gasteiger partial charge >= 0.3 is 5.97 Å². The quantitative estimate of drug-likeness (QED) is 0.125. The van der Waals surface area contributed by atoms with Gasteiger partial charge in [0.1, 0.15) is 5.75 Å². The summed E-state index contributed by atoms with van der Waals surface area (Å²) in [6, 6.07) is 17.2. The van der Waals surface area contributed by atoms with Gasteiger partial charge in [-0.2, -0.15) is 0 Å². The minimum atomic E-state index is -0.259. The van der Waals surface area contributed by atoms with E-state index in [2.05, 4.69) is 16.9 Å². The molecule has 2 aromatic carbocycles. The largest absolute Gasteiger partial charge is 0.494 e. The summed E-state index contributed by atoms with van der Waals surface area (Å²) in [7, 11) is 0. The van der Waals surface area contributed by atoms with Gasteiger partial charge in [0, 0.05) is 18.0 Å². The number of rotatable bonds is 18. The van der Waals surface area contributed by atoms with E-state index in [1.807, 2.05) is 61.8 Å². The molecule has 0 aliphatic rings. The summed E-state index contributed by atoms with van der Waals surface area (Å²) in [4.78, 5) is 21.3. The van der Waals surface area contributed by atoms with Gasteiger partial charge < -0.3 is 9.47 Å². The van der Waals surface area contributed by atoms with E-state index in [1.165, 1.54) is 44.9 Å². The molecule has 0 saturated carbocycles. The van der Waals surface area contributed by atoms with Crippen LogP contribution in [0, 0.1) is 0 Å². The molecule has 0 aliphatic heterocycles. The molecule has 0 aliphatic carbocycles. The summed E-state index contributed by atoms with van der Waals surface area (Å²) >= 11 is 0. The fourth-order valence-corrected chi connectivity index (χ4v) is 4.40. The highest BCUT2D eigenvalue weighted by Gasteiger charge is 2.11. The number of aromatic nitrogens is 2. The summed E-state index contributed by atoms with van der Waals surface area (Å²) in [5.41, 5.74) is 2.70. The third-order valence-corrected chi connectivity index (χ3v) is 6.73. The number of nitrogens with zero attached hydrogens (tertiary/aromatic N) is 2. The van der Waals surface area contributed by atoms with E-state index < -0.39 is 0 Å². The molecule has 5 nitrogen and oxygen atoms in total. The van der Waals surface area contributed by atoms with Gasteiger partial charge in [-0.05, 0) is 81.0 Å². The molecule has 0 spiro atoms. The molecule has 1 unspecified atom stereocenters. The Morgan fingerprint density at radius 2 is 1.45 bits per heavy atom. The Hall–Kier alpha value is -3.21. The van der Waals surface area contributed by atoms with Crippen LogP contribution in [0.4, 0.5) is 0 Å². The fourth-order valence-electron chi connectivity index (χ4n) is 4.40. The topological polar surface area (TPSA) is 61.3 Å². The number of carbonyl (C=O) groups is 1. The van der Waals surface area contributed by atoms with E-state index in [4.69, 9.17) is 9.47 Å². The Bertz CT molecular complexity index is 1040. The van der Waals surface area contributed by atoms with Gasteiger partial charge in [-0.15, -0.1) is 0 Å². The Kier molecular flexibility index (Phi) is 13.4. The smallest absolute Gasteiger partial charge is 0.338 e. The molecule has 0 bridgehead atoms. The van der Waals surface area contributed by atoms with E-state index in [0.29, 0.717) is 5.56 Å². The monoisotopic (exact) mass is 516 g/mol. The minimum Gasteiger partial charge on any atom is -0.494 e. The molecule has 0 amide bonds. The first-order chi connectivity index (χ1) is 18.7. The first kappa shape index (κ1) is 29.3. The third kappa shape index (κ3) is 11.0. The van der Waals surface area contributed by atoms with Crippen molar-refractivity contribution in [3.05, 3.63) is 78.1 Å². The molecular formula is C33H44N2O3. The van der Waals surface area contributed by atoms with Gasteiger partial charge in [-0.25, -0.2) is 14.8 Å².